The SMILES string of the molecule is COC(=O)C(=O)N1C[C@H]2CC1[C@H]1C(=O)N(c3ccc(C#N)c4ncccc34)C(=O)N21. The second kappa shape index (κ2) is 6.25. The van der Waals surface area contributed by atoms with E-state index in [4.69, 9.17) is 0 Å². The van der Waals surface area contributed by atoms with Gasteiger partial charge in [-0.15, -0.1) is 0 Å². The Morgan fingerprint density at radius 2 is 2.07 bits per heavy atom. The van der Waals surface area contributed by atoms with E-state index >= 15 is 0 Å². The van der Waals surface area contributed by atoms with Gasteiger partial charge in [0.15, 0.2) is 0 Å². The fourth-order valence-electron chi connectivity index (χ4n) is 4.76. The topological polar surface area (TPSA) is 124 Å². The standard InChI is InChI=1S/C20H15N5O5/c1-30-19(28)18(27)23-9-11-7-14(23)16-17(26)25(20(29)24(11)16)13-5-4-10(8-21)15-12(13)3-2-6-22-15/h2-6,11,14,16H,7,9H2,1H3/t11-,14?,16+/m1/s1. The number of imide groups is 1. The molecule has 10 heteroatoms. The average molecular weight is 405 g/mol. The number of nitriles is 1. The average Bonchev–Trinajstić information content (AvgIpc) is 3.43. The van der Waals surface area contributed by atoms with Gasteiger partial charge in [-0.2, -0.15) is 5.26 Å². The van der Waals surface area contributed by atoms with E-state index in [-0.39, 0.29) is 12.6 Å². The zero-order valence-corrected chi connectivity index (χ0v) is 15.8. The lowest BCUT2D eigenvalue weighted by Gasteiger charge is -2.34. The summed E-state index contributed by atoms with van der Waals surface area (Å²) in [5.74, 6) is -2.27. The van der Waals surface area contributed by atoms with Gasteiger partial charge in [0.25, 0.3) is 5.91 Å². The number of hydrogen-bond acceptors (Lipinski definition) is 7. The van der Waals surface area contributed by atoms with Crippen LogP contribution in [-0.4, -0.2) is 70.4 Å². The maximum Gasteiger partial charge on any atom is 0.396 e. The summed E-state index contributed by atoms with van der Waals surface area (Å²) in [6.07, 6.45) is 1.98. The van der Waals surface area contributed by atoms with Gasteiger partial charge >= 0.3 is 17.9 Å². The van der Waals surface area contributed by atoms with Crippen LogP contribution in [-0.2, 0) is 19.1 Å². The highest BCUT2D eigenvalue weighted by Gasteiger charge is 2.63. The molecule has 0 aliphatic carbocycles. The number of hydrogen-bond donors (Lipinski definition) is 0. The molecule has 0 spiro atoms. The van der Waals surface area contributed by atoms with E-state index in [0.29, 0.717) is 28.6 Å². The lowest BCUT2D eigenvalue weighted by Crippen LogP contribution is -2.56. The Hall–Kier alpha value is -4.00. The minimum Gasteiger partial charge on any atom is -0.462 e. The second-order valence-corrected chi connectivity index (χ2v) is 7.36. The van der Waals surface area contributed by atoms with Crippen LogP contribution in [0.3, 0.4) is 0 Å². The van der Waals surface area contributed by atoms with Crippen molar-refractivity contribution in [2.45, 2.75) is 24.5 Å². The molecule has 0 saturated carbocycles. The first-order chi connectivity index (χ1) is 14.5. The van der Waals surface area contributed by atoms with Gasteiger partial charge in [-0.25, -0.2) is 14.5 Å². The Balaban J connectivity index is 1.55. The van der Waals surface area contributed by atoms with E-state index in [0.717, 1.165) is 12.0 Å². The lowest BCUT2D eigenvalue weighted by molar-refractivity contribution is -0.160. The number of carbonyl (C=O) groups is 4. The molecule has 150 valence electrons. The van der Waals surface area contributed by atoms with Gasteiger partial charge in [0.1, 0.15) is 12.1 Å². The molecule has 4 heterocycles. The van der Waals surface area contributed by atoms with Crippen molar-refractivity contribution in [3.05, 3.63) is 36.0 Å². The van der Waals surface area contributed by atoms with E-state index in [1.54, 1.807) is 18.2 Å². The van der Waals surface area contributed by atoms with Gasteiger partial charge in [-0.05, 0) is 30.7 Å². The summed E-state index contributed by atoms with van der Waals surface area (Å²) in [6.45, 7) is 0.178. The molecule has 5 rings (SSSR count). The molecule has 2 bridgehead atoms. The fraction of sp³-hybridized carbons (Fsp3) is 0.300. The molecule has 1 unspecified atom stereocenters. The van der Waals surface area contributed by atoms with Gasteiger partial charge in [-0.1, -0.05) is 0 Å². The number of pyridine rings is 1. The van der Waals surface area contributed by atoms with E-state index < -0.39 is 35.9 Å². The van der Waals surface area contributed by atoms with Crippen LogP contribution in [0.4, 0.5) is 10.5 Å². The molecule has 3 aliphatic rings. The highest BCUT2D eigenvalue weighted by Crippen LogP contribution is 2.43. The molecule has 0 radical (unpaired) electrons. The molecule has 1 aromatic heterocycles. The molecular weight excluding hydrogens is 390 g/mol. The van der Waals surface area contributed by atoms with Crippen LogP contribution in [0.2, 0.25) is 0 Å². The maximum atomic E-state index is 13.3. The van der Waals surface area contributed by atoms with Gasteiger partial charge < -0.3 is 14.5 Å². The Labute approximate surface area is 170 Å². The Morgan fingerprint density at radius 3 is 2.80 bits per heavy atom. The van der Waals surface area contributed by atoms with Crippen molar-refractivity contribution < 1.29 is 23.9 Å². The molecule has 4 amide bonds. The van der Waals surface area contributed by atoms with Crippen molar-refractivity contribution in [2.75, 3.05) is 18.6 Å². The number of rotatable bonds is 1. The zero-order valence-electron chi connectivity index (χ0n) is 15.8. The van der Waals surface area contributed by atoms with Crippen molar-refractivity contribution in [1.29, 1.82) is 5.26 Å². The number of piperazine rings is 1. The van der Waals surface area contributed by atoms with Gasteiger partial charge in [-0.3, -0.25) is 14.6 Å². The predicted octanol–water partition coefficient (Wildman–Crippen LogP) is 0.400. The van der Waals surface area contributed by atoms with Gasteiger partial charge in [0, 0.05) is 18.1 Å². The van der Waals surface area contributed by atoms with E-state index in [1.165, 1.54) is 22.1 Å². The quantitative estimate of drug-likeness (QED) is 0.382. The lowest BCUT2D eigenvalue weighted by atomic mass is 10.1. The highest BCUT2D eigenvalue weighted by molar-refractivity contribution is 6.33. The number of amides is 4. The molecule has 30 heavy (non-hydrogen) atoms. The van der Waals surface area contributed by atoms with Crippen molar-refractivity contribution in [1.82, 2.24) is 14.8 Å². The largest absolute Gasteiger partial charge is 0.462 e. The van der Waals surface area contributed by atoms with Gasteiger partial charge in [0.05, 0.1) is 36.0 Å². The van der Waals surface area contributed by atoms with E-state index in [9.17, 15) is 24.4 Å². The number of carbonyl (C=O) groups excluding carboxylic acids is 4. The Morgan fingerprint density at radius 1 is 1.27 bits per heavy atom. The van der Waals surface area contributed by atoms with Crippen LogP contribution in [0.25, 0.3) is 10.9 Å². The van der Waals surface area contributed by atoms with Crippen LogP contribution < -0.4 is 4.90 Å². The monoisotopic (exact) mass is 405 g/mol. The van der Waals surface area contributed by atoms with Crippen LogP contribution >= 0.6 is 0 Å². The number of urea groups is 1. The van der Waals surface area contributed by atoms with Crippen LogP contribution in [0, 0.1) is 11.3 Å². The maximum absolute atomic E-state index is 13.3. The van der Waals surface area contributed by atoms with Crippen molar-refractivity contribution in [2.24, 2.45) is 0 Å². The third kappa shape index (κ3) is 2.20. The smallest absolute Gasteiger partial charge is 0.396 e. The van der Waals surface area contributed by atoms with Crippen LogP contribution in [0.5, 0.6) is 0 Å². The summed E-state index contributed by atoms with van der Waals surface area (Å²) in [6, 6.07) is 6.25. The number of methoxy groups -OCH3 is 1. The van der Waals surface area contributed by atoms with Crippen molar-refractivity contribution in [3.8, 4) is 6.07 Å². The minimum absolute atomic E-state index is 0.178. The summed E-state index contributed by atoms with van der Waals surface area (Å²) in [4.78, 5) is 58.7. The van der Waals surface area contributed by atoms with Crippen molar-refractivity contribution in [3.63, 3.8) is 0 Å². The summed E-state index contributed by atoms with van der Waals surface area (Å²) in [5, 5.41) is 9.84. The molecule has 10 nitrogen and oxygen atoms in total. The van der Waals surface area contributed by atoms with E-state index in [1.807, 2.05) is 0 Å². The first-order valence-corrected chi connectivity index (χ1v) is 9.31. The second-order valence-electron chi connectivity index (χ2n) is 7.36. The number of esters is 1. The zero-order chi connectivity index (χ0) is 21.2. The number of ether oxygens (including phenoxy) is 1. The first kappa shape index (κ1) is 18.1. The summed E-state index contributed by atoms with van der Waals surface area (Å²) in [7, 11) is 1.12. The number of likely N-dealkylation sites (tertiary alicyclic amines) is 1. The minimum atomic E-state index is -0.994. The molecule has 2 aromatic rings. The molecule has 1 aromatic carbocycles. The Bertz CT molecular complexity index is 1190. The number of nitrogens with zero attached hydrogens (tertiary/aromatic N) is 5. The van der Waals surface area contributed by atoms with E-state index in [2.05, 4.69) is 15.8 Å². The molecule has 3 atom stereocenters. The molecule has 3 aliphatic heterocycles. The van der Waals surface area contributed by atoms with Gasteiger partial charge in [0.2, 0.25) is 0 Å². The predicted molar refractivity (Wildman–Crippen MR) is 101 cm³/mol. The summed E-state index contributed by atoms with van der Waals surface area (Å²) < 4.78 is 4.51. The first-order valence-electron chi connectivity index (χ1n) is 9.31. The van der Waals surface area contributed by atoms with Crippen LogP contribution in [0.1, 0.15) is 12.0 Å². The number of benzene rings is 1. The Kier molecular flexibility index (Phi) is 3.76. The summed E-state index contributed by atoms with van der Waals surface area (Å²) >= 11 is 0. The normalized spacial score (nSPS) is 24.4. The third-order valence-electron chi connectivity index (χ3n) is 5.99. The molecule has 3 fully saturated rings. The summed E-state index contributed by atoms with van der Waals surface area (Å²) in [5.41, 5.74) is 1.08. The molecule has 3 saturated heterocycles. The number of anilines is 1. The number of fused-ring (bicyclic) bond motifs is 6. The molecule has 0 N–H and O–H groups in total. The number of aromatic nitrogens is 1. The van der Waals surface area contributed by atoms with Crippen LogP contribution in [0.15, 0.2) is 30.5 Å². The highest BCUT2D eigenvalue weighted by atomic mass is 16.5. The fourth-order valence-corrected chi connectivity index (χ4v) is 4.76. The third-order valence-corrected chi connectivity index (χ3v) is 5.99. The molecular formula is C20H15N5O5. The van der Waals surface area contributed by atoms with Crippen molar-refractivity contribution >= 4 is 40.4 Å².